The van der Waals surface area contributed by atoms with E-state index in [-0.39, 0.29) is 5.91 Å². The molecule has 1 aliphatic heterocycles. The van der Waals surface area contributed by atoms with Crippen LogP contribution in [0.2, 0.25) is 0 Å². The average Bonchev–Trinajstić information content (AvgIpc) is 2.48. The second-order valence-electron chi connectivity index (χ2n) is 5.40. The molecule has 20 heavy (non-hydrogen) atoms. The molecule has 0 spiro atoms. The van der Waals surface area contributed by atoms with Gasteiger partial charge in [-0.15, -0.1) is 0 Å². The molecule has 0 aliphatic carbocycles. The molecule has 0 atom stereocenters. The van der Waals surface area contributed by atoms with Gasteiger partial charge in [0.05, 0.1) is 19.3 Å². The van der Waals surface area contributed by atoms with Crippen molar-refractivity contribution in [3.63, 3.8) is 0 Å². The number of nitriles is 1. The Bertz CT molecular complexity index is 327. The van der Waals surface area contributed by atoms with E-state index >= 15 is 0 Å². The number of nitrogens with one attached hydrogen (secondary N) is 1. The molecular formula is C15H27N3O2. The number of rotatable bonds is 8. The lowest BCUT2D eigenvalue weighted by molar-refractivity contribution is -0.129. The van der Waals surface area contributed by atoms with Gasteiger partial charge in [0.1, 0.15) is 5.41 Å². The van der Waals surface area contributed by atoms with Crippen LogP contribution in [0, 0.1) is 16.7 Å². The summed E-state index contributed by atoms with van der Waals surface area (Å²) in [6, 6.07) is 2.26. The number of hydrogen-bond donors (Lipinski definition) is 1. The number of hydrogen-bond acceptors (Lipinski definition) is 4. The van der Waals surface area contributed by atoms with Crippen LogP contribution in [0.3, 0.4) is 0 Å². The van der Waals surface area contributed by atoms with Gasteiger partial charge in [-0.3, -0.25) is 9.69 Å². The van der Waals surface area contributed by atoms with Gasteiger partial charge >= 0.3 is 0 Å². The van der Waals surface area contributed by atoms with Crippen molar-refractivity contribution in [1.29, 1.82) is 5.26 Å². The van der Waals surface area contributed by atoms with Crippen molar-refractivity contribution in [1.82, 2.24) is 10.2 Å². The first-order valence-electron chi connectivity index (χ1n) is 7.68. The van der Waals surface area contributed by atoms with Gasteiger partial charge in [-0.1, -0.05) is 26.7 Å². The lowest BCUT2D eigenvalue weighted by atomic mass is 9.80. The van der Waals surface area contributed by atoms with Crippen LogP contribution in [-0.4, -0.2) is 50.2 Å². The highest BCUT2D eigenvalue weighted by Crippen LogP contribution is 2.29. The highest BCUT2D eigenvalue weighted by Gasteiger charge is 2.36. The van der Waals surface area contributed by atoms with Crippen LogP contribution in [-0.2, 0) is 9.53 Å². The molecular weight excluding hydrogens is 254 g/mol. The summed E-state index contributed by atoms with van der Waals surface area (Å²) in [6.07, 6.45) is 2.98. The first kappa shape index (κ1) is 16.9. The third-order valence-corrected chi connectivity index (χ3v) is 3.82. The number of carbonyl (C=O) groups is 1. The Hall–Kier alpha value is -1.12. The van der Waals surface area contributed by atoms with Crippen molar-refractivity contribution in [2.45, 2.75) is 39.5 Å². The van der Waals surface area contributed by atoms with E-state index < -0.39 is 5.41 Å². The maximum absolute atomic E-state index is 12.3. The molecule has 0 aromatic rings. The van der Waals surface area contributed by atoms with Crippen molar-refractivity contribution in [3.8, 4) is 6.07 Å². The SMILES string of the molecule is CCCC(C#N)(CCC)C(=O)NCCN1CCOCC1. The second-order valence-corrected chi connectivity index (χ2v) is 5.40. The molecule has 114 valence electrons. The van der Waals surface area contributed by atoms with Crippen LogP contribution < -0.4 is 5.32 Å². The fraction of sp³-hybridized carbons (Fsp3) is 0.867. The van der Waals surface area contributed by atoms with E-state index in [4.69, 9.17) is 4.74 Å². The van der Waals surface area contributed by atoms with Gasteiger partial charge in [-0.05, 0) is 12.8 Å². The Balaban J connectivity index is 2.43. The second kappa shape index (κ2) is 8.93. The molecule has 0 aromatic heterocycles. The zero-order valence-corrected chi connectivity index (χ0v) is 12.8. The summed E-state index contributed by atoms with van der Waals surface area (Å²) in [7, 11) is 0. The van der Waals surface area contributed by atoms with Crippen molar-refractivity contribution >= 4 is 5.91 Å². The molecule has 1 saturated heterocycles. The number of carbonyl (C=O) groups excluding carboxylic acids is 1. The van der Waals surface area contributed by atoms with Gasteiger partial charge < -0.3 is 10.1 Å². The quantitative estimate of drug-likeness (QED) is 0.733. The Kier molecular flexibility index (Phi) is 7.56. The van der Waals surface area contributed by atoms with Gasteiger partial charge in [-0.2, -0.15) is 5.26 Å². The highest BCUT2D eigenvalue weighted by atomic mass is 16.5. The van der Waals surface area contributed by atoms with Crippen molar-refractivity contribution in [3.05, 3.63) is 0 Å². The monoisotopic (exact) mass is 281 g/mol. The lowest BCUT2D eigenvalue weighted by Gasteiger charge is -2.28. The molecule has 5 nitrogen and oxygen atoms in total. The zero-order chi connectivity index (χ0) is 14.8. The van der Waals surface area contributed by atoms with E-state index in [1.807, 2.05) is 13.8 Å². The molecule has 0 aromatic carbocycles. The summed E-state index contributed by atoms with van der Waals surface area (Å²) in [5.41, 5.74) is -0.839. The van der Waals surface area contributed by atoms with Crippen molar-refractivity contribution in [2.75, 3.05) is 39.4 Å². The Morgan fingerprint density at radius 1 is 1.30 bits per heavy atom. The van der Waals surface area contributed by atoms with E-state index in [0.717, 1.165) is 45.7 Å². The maximum Gasteiger partial charge on any atom is 0.240 e. The van der Waals surface area contributed by atoms with E-state index in [1.54, 1.807) is 0 Å². The molecule has 0 saturated carbocycles. The van der Waals surface area contributed by atoms with E-state index in [0.29, 0.717) is 19.4 Å². The van der Waals surface area contributed by atoms with Crippen LogP contribution in [0.4, 0.5) is 0 Å². The molecule has 1 heterocycles. The van der Waals surface area contributed by atoms with Crippen LogP contribution >= 0.6 is 0 Å². The van der Waals surface area contributed by atoms with Crippen LogP contribution in [0.1, 0.15) is 39.5 Å². The average molecular weight is 281 g/mol. The van der Waals surface area contributed by atoms with Gasteiger partial charge in [0.25, 0.3) is 0 Å². The van der Waals surface area contributed by atoms with Crippen molar-refractivity contribution in [2.24, 2.45) is 5.41 Å². The molecule has 1 N–H and O–H groups in total. The normalized spacial score (nSPS) is 16.6. The fourth-order valence-corrected chi connectivity index (χ4v) is 2.69. The van der Waals surface area contributed by atoms with Gasteiger partial charge in [0.15, 0.2) is 0 Å². The Morgan fingerprint density at radius 2 is 1.90 bits per heavy atom. The van der Waals surface area contributed by atoms with E-state index in [2.05, 4.69) is 16.3 Å². The molecule has 5 heteroatoms. The lowest BCUT2D eigenvalue weighted by Crippen LogP contribution is -2.45. The molecule has 1 rings (SSSR count). The maximum atomic E-state index is 12.3. The molecule has 1 aliphatic rings. The van der Waals surface area contributed by atoms with Crippen LogP contribution in [0.5, 0.6) is 0 Å². The summed E-state index contributed by atoms with van der Waals surface area (Å²) in [5.74, 6) is -0.100. The first-order valence-corrected chi connectivity index (χ1v) is 7.68. The van der Waals surface area contributed by atoms with Crippen LogP contribution in [0.25, 0.3) is 0 Å². The van der Waals surface area contributed by atoms with Gasteiger partial charge in [-0.25, -0.2) is 0 Å². The minimum Gasteiger partial charge on any atom is -0.379 e. The standard InChI is InChI=1S/C15H27N3O2/c1-3-5-15(13-16,6-4-2)14(19)17-7-8-18-9-11-20-12-10-18/h3-12H2,1-2H3,(H,17,19). The topological polar surface area (TPSA) is 65.4 Å². The van der Waals surface area contributed by atoms with Gasteiger partial charge in [0.2, 0.25) is 5.91 Å². The molecule has 1 amide bonds. The molecule has 0 unspecified atom stereocenters. The summed E-state index contributed by atoms with van der Waals surface area (Å²) >= 11 is 0. The third-order valence-electron chi connectivity index (χ3n) is 3.82. The number of morpholine rings is 1. The Morgan fingerprint density at radius 3 is 2.40 bits per heavy atom. The van der Waals surface area contributed by atoms with E-state index in [9.17, 15) is 10.1 Å². The minimum atomic E-state index is -0.839. The molecule has 1 fully saturated rings. The predicted molar refractivity (Wildman–Crippen MR) is 78.1 cm³/mol. The largest absolute Gasteiger partial charge is 0.379 e. The highest BCUT2D eigenvalue weighted by molar-refractivity contribution is 5.85. The first-order chi connectivity index (χ1) is 9.68. The fourth-order valence-electron chi connectivity index (χ4n) is 2.69. The number of amides is 1. The van der Waals surface area contributed by atoms with E-state index in [1.165, 1.54) is 0 Å². The third kappa shape index (κ3) is 4.77. The number of ether oxygens (including phenoxy) is 1. The minimum absolute atomic E-state index is 0.100. The predicted octanol–water partition coefficient (Wildman–Crippen LogP) is 1.54. The summed E-state index contributed by atoms with van der Waals surface area (Å²) < 4.78 is 5.29. The summed E-state index contributed by atoms with van der Waals surface area (Å²) in [6.45, 7) is 8.84. The Labute approximate surface area is 122 Å². The molecule has 0 bridgehead atoms. The summed E-state index contributed by atoms with van der Waals surface area (Å²) in [4.78, 5) is 14.6. The van der Waals surface area contributed by atoms with Gasteiger partial charge in [0, 0.05) is 26.2 Å². The molecule has 0 radical (unpaired) electrons. The summed E-state index contributed by atoms with van der Waals surface area (Å²) in [5, 5.41) is 12.4. The number of nitrogens with zero attached hydrogens (tertiary/aromatic N) is 2. The van der Waals surface area contributed by atoms with Crippen LogP contribution in [0.15, 0.2) is 0 Å². The van der Waals surface area contributed by atoms with Crippen molar-refractivity contribution < 1.29 is 9.53 Å². The smallest absolute Gasteiger partial charge is 0.240 e. The zero-order valence-electron chi connectivity index (χ0n) is 12.8.